The van der Waals surface area contributed by atoms with E-state index in [-0.39, 0.29) is 29.8 Å². The van der Waals surface area contributed by atoms with Crippen LogP contribution in [-0.2, 0) is 4.79 Å². The van der Waals surface area contributed by atoms with Crippen LogP contribution in [0.2, 0.25) is 0 Å². The van der Waals surface area contributed by atoms with Gasteiger partial charge in [-0.05, 0) is 50.4 Å². The van der Waals surface area contributed by atoms with E-state index in [1.165, 1.54) is 12.1 Å². The second-order valence-electron chi connectivity index (χ2n) is 5.87. The van der Waals surface area contributed by atoms with E-state index in [4.69, 9.17) is 0 Å². The quantitative estimate of drug-likeness (QED) is 0.869. The van der Waals surface area contributed by atoms with Crippen LogP contribution in [-0.4, -0.2) is 41.7 Å². The second-order valence-corrected chi connectivity index (χ2v) is 5.87. The molecule has 2 N–H and O–H groups in total. The minimum Gasteiger partial charge on any atom is -0.393 e. The van der Waals surface area contributed by atoms with E-state index in [0.29, 0.717) is 6.54 Å². The van der Waals surface area contributed by atoms with Crippen LogP contribution in [0.1, 0.15) is 31.9 Å². The third kappa shape index (κ3) is 4.51. The van der Waals surface area contributed by atoms with E-state index in [9.17, 15) is 14.3 Å². The van der Waals surface area contributed by atoms with E-state index in [2.05, 4.69) is 10.2 Å². The number of nitrogens with one attached hydrogen (secondary N) is 1. The third-order valence-electron chi connectivity index (χ3n) is 4.11. The molecule has 1 aliphatic heterocycles. The molecular formula is C16H23FN2O2. The number of carbonyl (C=O) groups excluding carboxylic acids is 1. The van der Waals surface area contributed by atoms with E-state index >= 15 is 0 Å². The number of rotatable bonds is 5. The first-order valence-corrected chi connectivity index (χ1v) is 7.41. The number of halogens is 1. The van der Waals surface area contributed by atoms with Crippen LogP contribution in [0, 0.1) is 11.7 Å². The van der Waals surface area contributed by atoms with Gasteiger partial charge in [0.25, 0.3) is 0 Å². The monoisotopic (exact) mass is 294 g/mol. The maximum absolute atomic E-state index is 12.9. The number of benzene rings is 1. The number of aliphatic hydroxyl groups excluding tert-OH is 1. The van der Waals surface area contributed by atoms with Gasteiger partial charge in [0.1, 0.15) is 5.82 Å². The topological polar surface area (TPSA) is 52.6 Å². The molecule has 116 valence electrons. The zero-order chi connectivity index (χ0) is 15.4. The van der Waals surface area contributed by atoms with E-state index in [1.807, 2.05) is 6.92 Å². The van der Waals surface area contributed by atoms with Crippen molar-refractivity contribution in [3.8, 4) is 0 Å². The van der Waals surface area contributed by atoms with Crippen LogP contribution in [0.4, 0.5) is 4.39 Å². The van der Waals surface area contributed by atoms with Crippen LogP contribution in [0.15, 0.2) is 24.3 Å². The second kappa shape index (κ2) is 7.00. The van der Waals surface area contributed by atoms with Crippen LogP contribution in [0.3, 0.4) is 0 Å². The fourth-order valence-electron chi connectivity index (χ4n) is 2.72. The van der Waals surface area contributed by atoms with Crippen LogP contribution >= 0.6 is 0 Å². The van der Waals surface area contributed by atoms with Gasteiger partial charge in [-0.25, -0.2) is 4.39 Å². The van der Waals surface area contributed by atoms with Crippen molar-refractivity contribution >= 4 is 5.91 Å². The number of carbonyl (C=O) groups is 1. The van der Waals surface area contributed by atoms with E-state index in [1.54, 1.807) is 19.1 Å². The maximum Gasteiger partial charge on any atom is 0.234 e. The van der Waals surface area contributed by atoms with Gasteiger partial charge in [-0.3, -0.25) is 9.69 Å². The molecule has 3 unspecified atom stereocenters. The van der Waals surface area contributed by atoms with Gasteiger partial charge in [0, 0.05) is 6.54 Å². The molecule has 0 aromatic heterocycles. The average Bonchev–Trinajstić information content (AvgIpc) is 2.87. The molecule has 0 spiro atoms. The highest BCUT2D eigenvalue weighted by atomic mass is 19.1. The summed E-state index contributed by atoms with van der Waals surface area (Å²) in [6.07, 6.45) is 0.606. The molecule has 1 aromatic carbocycles. The molecular weight excluding hydrogens is 271 g/mol. The fourth-order valence-corrected chi connectivity index (χ4v) is 2.72. The Bertz CT molecular complexity index is 476. The minimum atomic E-state index is -0.323. The summed E-state index contributed by atoms with van der Waals surface area (Å²) < 4.78 is 12.9. The van der Waals surface area contributed by atoms with Crippen LogP contribution in [0.25, 0.3) is 0 Å². The third-order valence-corrected chi connectivity index (χ3v) is 4.11. The summed E-state index contributed by atoms with van der Waals surface area (Å²) in [5.41, 5.74) is 0.882. The van der Waals surface area contributed by atoms with Crippen molar-refractivity contribution in [1.82, 2.24) is 10.2 Å². The summed E-state index contributed by atoms with van der Waals surface area (Å²) in [5.74, 6) is -0.0658. The molecule has 1 aliphatic rings. The molecule has 1 heterocycles. The van der Waals surface area contributed by atoms with Crippen LogP contribution in [0.5, 0.6) is 0 Å². The Balaban J connectivity index is 1.80. The number of nitrogens with zero attached hydrogens (tertiary/aromatic N) is 1. The van der Waals surface area contributed by atoms with Crippen molar-refractivity contribution in [3.05, 3.63) is 35.6 Å². The van der Waals surface area contributed by atoms with Crippen molar-refractivity contribution in [2.75, 3.05) is 19.6 Å². The largest absolute Gasteiger partial charge is 0.393 e. The predicted molar refractivity (Wildman–Crippen MR) is 79.2 cm³/mol. The lowest BCUT2D eigenvalue weighted by Crippen LogP contribution is -2.37. The Hall–Kier alpha value is -1.46. The Labute approximate surface area is 125 Å². The van der Waals surface area contributed by atoms with Gasteiger partial charge in [-0.1, -0.05) is 12.1 Å². The number of hydrogen-bond donors (Lipinski definition) is 2. The molecule has 1 fully saturated rings. The van der Waals surface area contributed by atoms with Crippen molar-refractivity contribution in [3.63, 3.8) is 0 Å². The van der Waals surface area contributed by atoms with Crippen LogP contribution < -0.4 is 5.32 Å². The van der Waals surface area contributed by atoms with Crippen molar-refractivity contribution in [1.29, 1.82) is 0 Å². The first-order chi connectivity index (χ1) is 9.95. The summed E-state index contributed by atoms with van der Waals surface area (Å²) in [7, 11) is 0. The molecule has 1 saturated heterocycles. The first-order valence-electron chi connectivity index (χ1n) is 7.41. The molecule has 21 heavy (non-hydrogen) atoms. The average molecular weight is 294 g/mol. The maximum atomic E-state index is 12.9. The number of amides is 1. The standard InChI is InChI=1S/C16H23FN2O2/c1-11(13-3-5-15(17)6-4-13)18-16(21)10-19-8-7-14(9-19)12(2)20/h3-6,11-12,14,20H,7-10H2,1-2H3,(H,18,21). The lowest BCUT2D eigenvalue weighted by molar-refractivity contribution is -0.122. The number of likely N-dealkylation sites (tertiary alicyclic amines) is 1. The fraction of sp³-hybridized carbons (Fsp3) is 0.562. The molecule has 1 amide bonds. The highest BCUT2D eigenvalue weighted by Gasteiger charge is 2.27. The highest BCUT2D eigenvalue weighted by Crippen LogP contribution is 2.19. The first kappa shape index (κ1) is 15.9. The molecule has 0 radical (unpaired) electrons. The molecule has 0 bridgehead atoms. The van der Waals surface area contributed by atoms with Gasteiger partial charge in [0.05, 0.1) is 18.7 Å². The molecule has 4 nitrogen and oxygen atoms in total. The number of hydrogen-bond acceptors (Lipinski definition) is 3. The van der Waals surface area contributed by atoms with Crippen molar-refractivity contribution < 1.29 is 14.3 Å². The Kier molecular flexibility index (Phi) is 5.31. The zero-order valence-corrected chi connectivity index (χ0v) is 12.6. The molecule has 5 heteroatoms. The van der Waals surface area contributed by atoms with Gasteiger partial charge < -0.3 is 10.4 Å². The molecule has 1 aromatic rings. The smallest absolute Gasteiger partial charge is 0.234 e. The lowest BCUT2D eigenvalue weighted by Gasteiger charge is -2.19. The highest BCUT2D eigenvalue weighted by molar-refractivity contribution is 5.78. The van der Waals surface area contributed by atoms with Gasteiger partial charge in [-0.15, -0.1) is 0 Å². The summed E-state index contributed by atoms with van der Waals surface area (Å²) >= 11 is 0. The summed E-state index contributed by atoms with van der Waals surface area (Å²) in [6, 6.07) is 6.00. The zero-order valence-electron chi connectivity index (χ0n) is 12.6. The van der Waals surface area contributed by atoms with Crippen molar-refractivity contribution in [2.24, 2.45) is 5.92 Å². The van der Waals surface area contributed by atoms with Crippen molar-refractivity contribution in [2.45, 2.75) is 32.4 Å². The molecule has 2 rings (SSSR count). The minimum absolute atomic E-state index is 0.0435. The molecule has 0 saturated carbocycles. The SMILES string of the molecule is CC(NC(=O)CN1CCC(C(C)O)C1)c1ccc(F)cc1. The van der Waals surface area contributed by atoms with E-state index < -0.39 is 0 Å². The summed E-state index contributed by atoms with van der Waals surface area (Å²) in [4.78, 5) is 14.1. The van der Waals surface area contributed by atoms with Gasteiger partial charge in [0.2, 0.25) is 5.91 Å². The normalized spacial score (nSPS) is 22.0. The van der Waals surface area contributed by atoms with E-state index in [0.717, 1.165) is 25.1 Å². The number of aliphatic hydroxyl groups is 1. The summed E-state index contributed by atoms with van der Waals surface area (Å²) in [6.45, 7) is 5.62. The lowest BCUT2D eigenvalue weighted by atomic mass is 10.0. The molecule has 3 atom stereocenters. The Morgan fingerprint density at radius 3 is 2.67 bits per heavy atom. The predicted octanol–water partition coefficient (Wildman–Crippen LogP) is 1.71. The molecule has 0 aliphatic carbocycles. The van der Waals surface area contributed by atoms with Gasteiger partial charge in [0.15, 0.2) is 0 Å². The van der Waals surface area contributed by atoms with Gasteiger partial charge >= 0.3 is 0 Å². The Morgan fingerprint density at radius 2 is 2.10 bits per heavy atom. The Morgan fingerprint density at radius 1 is 1.43 bits per heavy atom. The summed E-state index contributed by atoms with van der Waals surface area (Å²) in [5, 5.41) is 12.5. The van der Waals surface area contributed by atoms with Gasteiger partial charge in [-0.2, -0.15) is 0 Å².